The molecular weight excluding hydrogens is 232 g/mol. The van der Waals surface area contributed by atoms with E-state index in [0.717, 1.165) is 19.0 Å². The summed E-state index contributed by atoms with van der Waals surface area (Å²) in [6.45, 7) is 6.88. The Labute approximate surface area is 117 Å². The van der Waals surface area contributed by atoms with Gasteiger partial charge in [0.1, 0.15) is 0 Å². The Bertz CT molecular complexity index is 389. The molecule has 1 saturated heterocycles. The number of hydrogen-bond donors (Lipinski definition) is 1. The second-order valence-electron chi connectivity index (χ2n) is 5.78. The molecule has 1 heterocycles. The van der Waals surface area contributed by atoms with Crippen LogP contribution >= 0.6 is 0 Å². The minimum atomic E-state index is 0.862. The largest absolute Gasteiger partial charge is 0.313 e. The predicted octanol–water partition coefficient (Wildman–Crippen LogP) is 3.02. The van der Waals surface area contributed by atoms with E-state index in [1.807, 2.05) is 0 Å². The van der Waals surface area contributed by atoms with Crippen LogP contribution in [0.25, 0.3) is 6.08 Å². The van der Waals surface area contributed by atoms with E-state index in [-0.39, 0.29) is 0 Å². The third-order valence-electron chi connectivity index (χ3n) is 3.89. The zero-order chi connectivity index (χ0) is 13.5. The first-order valence-corrected chi connectivity index (χ1v) is 7.35. The molecule has 1 fully saturated rings. The molecule has 2 nitrogen and oxygen atoms in total. The van der Waals surface area contributed by atoms with Gasteiger partial charge in [-0.3, -0.25) is 0 Å². The highest BCUT2D eigenvalue weighted by Crippen LogP contribution is 2.14. The molecule has 0 aromatic heterocycles. The molecule has 104 valence electrons. The van der Waals surface area contributed by atoms with Crippen LogP contribution in [0.3, 0.4) is 0 Å². The molecule has 19 heavy (non-hydrogen) atoms. The van der Waals surface area contributed by atoms with Gasteiger partial charge in [-0.05, 0) is 57.9 Å². The average molecular weight is 258 g/mol. The number of hydrogen-bond acceptors (Lipinski definition) is 2. The van der Waals surface area contributed by atoms with Gasteiger partial charge < -0.3 is 10.2 Å². The van der Waals surface area contributed by atoms with Gasteiger partial charge in [-0.2, -0.15) is 0 Å². The lowest BCUT2D eigenvalue weighted by molar-refractivity contribution is 0.217. The molecule has 2 heteroatoms. The van der Waals surface area contributed by atoms with Crippen molar-refractivity contribution in [2.24, 2.45) is 5.92 Å². The van der Waals surface area contributed by atoms with Crippen molar-refractivity contribution in [1.29, 1.82) is 0 Å². The summed E-state index contributed by atoms with van der Waals surface area (Å²) in [4.78, 5) is 2.43. The lowest BCUT2D eigenvalue weighted by Gasteiger charge is -2.29. The molecule has 0 radical (unpaired) electrons. The van der Waals surface area contributed by atoms with Crippen molar-refractivity contribution in [3.8, 4) is 0 Å². The van der Waals surface area contributed by atoms with E-state index in [2.05, 4.69) is 60.6 Å². The third-order valence-corrected chi connectivity index (χ3v) is 3.89. The van der Waals surface area contributed by atoms with Crippen LogP contribution < -0.4 is 5.32 Å². The molecule has 1 aliphatic rings. The van der Waals surface area contributed by atoms with Crippen molar-refractivity contribution in [2.45, 2.75) is 19.8 Å². The molecule has 0 spiro atoms. The minimum Gasteiger partial charge on any atom is -0.313 e. The molecule has 0 atom stereocenters. The standard InChI is InChI=1S/C17H26N2/c1-15(12-16-6-4-3-5-7-16)13-18-14-17-8-10-19(2)11-9-17/h3-7,12,17-18H,8-11,13-14H2,1-2H3/b15-12+. The summed E-state index contributed by atoms with van der Waals surface area (Å²) >= 11 is 0. The van der Waals surface area contributed by atoms with E-state index < -0.39 is 0 Å². The summed E-state index contributed by atoms with van der Waals surface area (Å²) in [5.41, 5.74) is 2.69. The Morgan fingerprint density at radius 1 is 1.26 bits per heavy atom. The maximum absolute atomic E-state index is 3.60. The van der Waals surface area contributed by atoms with Crippen LogP contribution in [0.4, 0.5) is 0 Å². The maximum atomic E-state index is 3.60. The zero-order valence-electron chi connectivity index (χ0n) is 12.2. The summed E-state index contributed by atoms with van der Waals surface area (Å²) in [5, 5.41) is 3.60. The van der Waals surface area contributed by atoms with Crippen LogP contribution in [0.5, 0.6) is 0 Å². The van der Waals surface area contributed by atoms with Crippen molar-refractivity contribution in [3.05, 3.63) is 41.5 Å². The van der Waals surface area contributed by atoms with Gasteiger partial charge in [0, 0.05) is 6.54 Å². The Morgan fingerprint density at radius 2 is 1.95 bits per heavy atom. The fourth-order valence-electron chi connectivity index (χ4n) is 2.62. The Hall–Kier alpha value is -1.12. The van der Waals surface area contributed by atoms with Crippen LogP contribution in [0.2, 0.25) is 0 Å². The summed E-state index contributed by atoms with van der Waals surface area (Å²) in [6, 6.07) is 10.5. The lowest BCUT2D eigenvalue weighted by atomic mass is 9.97. The van der Waals surface area contributed by atoms with E-state index in [1.165, 1.54) is 37.1 Å². The number of piperidine rings is 1. The van der Waals surface area contributed by atoms with Crippen LogP contribution in [-0.4, -0.2) is 38.1 Å². The van der Waals surface area contributed by atoms with E-state index in [1.54, 1.807) is 0 Å². The molecule has 0 aliphatic carbocycles. The molecule has 1 N–H and O–H groups in total. The summed E-state index contributed by atoms with van der Waals surface area (Å²) in [7, 11) is 2.22. The second kappa shape index (κ2) is 7.46. The molecular formula is C17H26N2. The molecule has 2 rings (SSSR count). The van der Waals surface area contributed by atoms with Gasteiger partial charge in [0.05, 0.1) is 0 Å². The van der Waals surface area contributed by atoms with Crippen LogP contribution in [0.1, 0.15) is 25.3 Å². The average Bonchev–Trinajstić information content (AvgIpc) is 2.42. The lowest BCUT2D eigenvalue weighted by Crippen LogP contribution is -2.35. The van der Waals surface area contributed by atoms with Crippen molar-refractivity contribution in [1.82, 2.24) is 10.2 Å². The number of rotatable bonds is 5. The van der Waals surface area contributed by atoms with Gasteiger partial charge in [0.15, 0.2) is 0 Å². The third kappa shape index (κ3) is 5.17. The highest BCUT2D eigenvalue weighted by molar-refractivity contribution is 5.52. The van der Waals surface area contributed by atoms with Crippen LogP contribution in [0, 0.1) is 5.92 Å². The molecule has 1 aromatic rings. The first-order chi connectivity index (χ1) is 9.24. The van der Waals surface area contributed by atoms with Gasteiger partial charge in [-0.25, -0.2) is 0 Å². The van der Waals surface area contributed by atoms with Gasteiger partial charge in [0.2, 0.25) is 0 Å². The first-order valence-electron chi connectivity index (χ1n) is 7.35. The Balaban J connectivity index is 1.69. The smallest absolute Gasteiger partial charge is 0.0165 e. The molecule has 1 aromatic carbocycles. The van der Waals surface area contributed by atoms with E-state index >= 15 is 0 Å². The highest BCUT2D eigenvalue weighted by atomic mass is 15.1. The summed E-state index contributed by atoms with van der Waals surface area (Å²) in [5.74, 6) is 0.862. The van der Waals surface area contributed by atoms with Gasteiger partial charge >= 0.3 is 0 Å². The summed E-state index contributed by atoms with van der Waals surface area (Å²) in [6.07, 6.45) is 4.94. The zero-order valence-corrected chi connectivity index (χ0v) is 12.2. The van der Waals surface area contributed by atoms with Crippen molar-refractivity contribution in [2.75, 3.05) is 33.2 Å². The van der Waals surface area contributed by atoms with Crippen LogP contribution in [-0.2, 0) is 0 Å². The molecule has 0 unspecified atom stereocenters. The number of benzene rings is 1. The van der Waals surface area contributed by atoms with Crippen molar-refractivity contribution < 1.29 is 0 Å². The number of likely N-dealkylation sites (tertiary alicyclic amines) is 1. The van der Waals surface area contributed by atoms with Crippen LogP contribution in [0.15, 0.2) is 35.9 Å². The number of nitrogens with zero attached hydrogens (tertiary/aromatic N) is 1. The predicted molar refractivity (Wildman–Crippen MR) is 83.2 cm³/mol. The maximum Gasteiger partial charge on any atom is 0.0165 e. The van der Waals surface area contributed by atoms with Gasteiger partial charge in [0.25, 0.3) is 0 Å². The Kier molecular flexibility index (Phi) is 5.62. The van der Waals surface area contributed by atoms with E-state index in [4.69, 9.17) is 0 Å². The molecule has 1 aliphatic heterocycles. The topological polar surface area (TPSA) is 15.3 Å². The van der Waals surface area contributed by atoms with Crippen molar-refractivity contribution >= 4 is 6.08 Å². The van der Waals surface area contributed by atoms with Gasteiger partial charge in [-0.15, -0.1) is 0 Å². The van der Waals surface area contributed by atoms with E-state index in [0.29, 0.717) is 0 Å². The SMILES string of the molecule is C/C(=C\c1ccccc1)CNCC1CCN(C)CC1. The first kappa shape index (κ1) is 14.3. The molecule has 0 bridgehead atoms. The molecule has 0 amide bonds. The monoisotopic (exact) mass is 258 g/mol. The van der Waals surface area contributed by atoms with E-state index in [9.17, 15) is 0 Å². The van der Waals surface area contributed by atoms with Gasteiger partial charge in [-0.1, -0.05) is 42.0 Å². The fourth-order valence-corrected chi connectivity index (χ4v) is 2.62. The normalized spacial score (nSPS) is 18.7. The number of nitrogens with one attached hydrogen (secondary N) is 1. The van der Waals surface area contributed by atoms with Crippen molar-refractivity contribution in [3.63, 3.8) is 0 Å². The second-order valence-corrected chi connectivity index (χ2v) is 5.78. The minimum absolute atomic E-state index is 0.862. The molecule has 0 saturated carbocycles. The fraction of sp³-hybridized carbons (Fsp3) is 0.529. The highest BCUT2D eigenvalue weighted by Gasteiger charge is 2.15. The Morgan fingerprint density at radius 3 is 2.63 bits per heavy atom. The quantitative estimate of drug-likeness (QED) is 0.873. The summed E-state index contributed by atoms with van der Waals surface area (Å²) < 4.78 is 0.